The van der Waals surface area contributed by atoms with Gasteiger partial charge in [-0.3, -0.25) is 0 Å². The number of ether oxygens (including phenoxy) is 1. The maximum Gasteiger partial charge on any atom is 0.373 e. The molecule has 2 heterocycles. The lowest BCUT2D eigenvalue weighted by Gasteiger charge is -2.30. The summed E-state index contributed by atoms with van der Waals surface area (Å²) in [6.45, 7) is 3.39. The molecule has 0 saturated carbocycles. The summed E-state index contributed by atoms with van der Waals surface area (Å²) in [6, 6.07) is 1.25. The van der Waals surface area contributed by atoms with Crippen LogP contribution in [0, 0.1) is 12.8 Å². The zero-order valence-electron chi connectivity index (χ0n) is 13.5. The summed E-state index contributed by atoms with van der Waals surface area (Å²) in [5.74, 6) is -0.0776. The van der Waals surface area contributed by atoms with Gasteiger partial charge in [-0.15, -0.1) is 12.4 Å². The number of hydrogen-bond donors (Lipinski definition) is 1. The third kappa shape index (κ3) is 4.26. The van der Waals surface area contributed by atoms with Gasteiger partial charge in [-0.2, -0.15) is 4.31 Å². The van der Waals surface area contributed by atoms with E-state index in [1.165, 1.54) is 24.4 Å². The molecule has 1 aliphatic heterocycles. The zero-order valence-corrected chi connectivity index (χ0v) is 15.1. The molecule has 9 heteroatoms. The van der Waals surface area contributed by atoms with Crippen LogP contribution in [-0.2, 0) is 14.8 Å². The molecule has 2 rings (SSSR count). The molecule has 0 aromatic carbocycles. The molecule has 1 aromatic rings. The van der Waals surface area contributed by atoms with Crippen LogP contribution in [0.3, 0.4) is 0 Å². The Balaban J connectivity index is 0.00000264. The van der Waals surface area contributed by atoms with Gasteiger partial charge >= 0.3 is 5.97 Å². The van der Waals surface area contributed by atoms with E-state index in [1.807, 2.05) is 7.05 Å². The lowest BCUT2D eigenvalue weighted by atomic mass is 9.98. The highest BCUT2D eigenvalue weighted by Crippen LogP contribution is 2.27. The maximum atomic E-state index is 12.7. The molecule has 0 spiro atoms. The van der Waals surface area contributed by atoms with Crippen LogP contribution in [0.1, 0.15) is 29.2 Å². The van der Waals surface area contributed by atoms with Crippen molar-refractivity contribution in [3.63, 3.8) is 0 Å². The number of nitrogens with zero attached hydrogens (tertiary/aromatic N) is 1. The number of methoxy groups -OCH3 is 1. The van der Waals surface area contributed by atoms with Crippen molar-refractivity contribution in [1.29, 1.82) is 0 Å². The maximum absolute atomic E-state index is 12.7. The lowest BCUT2D eigenvalue weighted by molar-refractivity contribution is 0.0563. The molecule has 0 radical (unpaired) electrons. The van der Waals surface area contributed by atoms with E-state index in [2.05, 4.69) is 10.1 Å². The number of aryl methyl sites for hydroxylation is 1. The molecular formula is C14H23ClN2O5S. The number of esters is 1. The van der Waals surface area contributed by atoms with Crippen LogP contribution in [0.2, 0.25) is 0 Å². The van der Waals surface area contributed by atoms with Crippen LogP contribution in [0.25, 0.3) is 0 Å². The van der Waals surface area contributed by atoms with Crippen LogP contribution < -0.4 is 5.32 Å². The van der Waals surface area contributed by atoms with E-state index in [0.717, 1.165) is 19.4 Å². The van der Waals surface area contributed by atoms with Gasteiger partial charge in [0.05, 0.1) is 7.11 Å². The van der Waals surface area contributed by atoms with E-state index in [9.17, 15) is 13.2 Å². The minimum Gasteiger partial charge on any atom is -0.463 e. The van der Waals surface area contributed by atoms with Crippen molar-refractivity contribution in [1.82, 2.24) is 9.62 Å². The Morgan fingerprint density at radius 3 is 2.57 bits per heavy atom. The van der Waals surface area contributed by atoms with Gasteiger partial charge < -0.3 is 14.5 Å². The quantitative estimate of drug-likeness (QED) is 0.793. The standard InChI is InChI=1S/C14H22N2O5S.ClH/c1-10-13(8-12(21-10)14(17)20-3)22(18,19)16-6-4-11(5-7-16)9-15-2;/h8,11,15H,4-7,9H2,1-3H3;1H. The fourth-order valence-electron chi connectivity index (χ4n) is 2.70. The monoisotopic (exact) mass is 366 g/mol. The number of piperidine rings is 1. The van der Waals surface area contributed by atoms with Gasteiger partial charge in [-0.1, -0.05) is 0 Å². The zero-order chi connectivity index (χ0) is 16.3. The van der Waals surface area contributed by atoms with Gasteiger partial charge in [0.25, 0.3) is 0 Å². The Morgan fingerprint density at radius 1 is 1.43 bits per heavy atom. The molecule has 23 heavy (non-hydrogen) atoms. The first-order valence-electron chi connectivity index (χ1n) is 7.23. The molecule has 0 atom stereocenters. The summed E-state index contributed by atoms with van der Waals surface area (Å²) >= 11 is 0. The number of nitrogens with one attached hydrogen (secondary N) is 1. The summed E-state index contributed by atoms with van der Waals surface area (Å²) < 4.78 is 36.6. The van der Waals surface area contributed by atoms with Gasteiger partial charge in [0.2, 0.25) is 15.8 Å². The Labute approximate surface area is 142 Å². The molecule has 1 saturated heterocycles. The number of sulfonamides is 1. The summed E-state index contributed by atoms with van der Waals surface area (Å²) in [7, 11) is -0.522. The summed E-state index contributed by atoms with van der Waals surface area (Å²) in [5, 5.41) is 3.12. The minimum absolute atomic E-state index is 0. The molecule has 0 unspecified atom stereocenters. The van der Waals surface area contributed by atoms with Crippen LogP contribution in [0.5, 0.6) is 0 Å². The van der Waals surface area contributed by atoms with Crippen LogP contribution in [0.15, 0.2) is 15.4 Å². The average molecular weight is 367 g/mol. The van der Waals surface area contributed by atoms with Crippen molar-refractivity contribution in [3.05, 3.63) is 17.6 Å². The van der Waals surface area contributed by atoms with Crippen molar-refractivity contribution < 1.29 is 22.4 Å². The fraction of sp³-hybridized carbons (Fsp3) is 0.643. The van der Waals surface area contributed by atoms with Crippen molar-refractivity contribution >= 4 is 28.4 Å². The van der Waals surface area contributed by atoms with E-state index in [0.29, 0.717) is 19.0 Å². The van der Waals surface area contributed by atoms with Crippen LogP contribution in [-0.4, -0.2) is 52.5 Å². The first-order chi connectivity index (χ1) is 10.4. The van der Waals surface area contributed by atoms with E-state index < -0.39 is 16.0 Å². The second kappa shape index (κ2) is 8.14. The first-order valence-corrected chi connectivity index (χ1v) is 8.67. The Morgan fingerprint density at radius 2 is 2.04 bits per heavy atom. The lowest BCUT2D eigenvalue weighted by Crippen LogP contribution is -2.40. The van der Waals surface area contributed by atoms with Crippen LogP contribution >= 0.6 is 12.4 Å². The fourth-order valence-corrected chi connectivity index (χ4v) is 4.33. The average Bonchev–Trinajstić information content (AvgIpc) is 2.90. The van der Waals surface area contributed by atoms with Crippen LogP contribution in [0.4, 0.5) is 0 Å². The highest BCUT2D eigenvalue weighted by Gasteiger charge is 2.32. The molecule has 7 nitrogen and oxygen atoms in total. The smallest absolute Gasteiger partial charge is 0.373 e. The van der Waals surface area contributed by atoms with E-state index in [1.54, 1.807) is 0 Å². The molecule has 132 valence electrons. The van der Waals surface area contributed by atoms with E-state index in [-0.39, 0.29) is 28.8 Å². The highest BCUT2D eigenvalue weighted by atomic mass is 35.5. The summed E-state index contributed by atoms with van der Waals surface area (Å²) in [6.07, 6.45) is 1.64. The predicted molar refractivity (Wildman–Crippen MR) is 87.4 cm³/mol. The SMILES string of the molecule is CNCC1CCN(S(=O)(=O)c2cc(C(=O)OC)oc2C)CC1.Cl. The number of rotatable bonds is 5. The topological polar surface area (TPSA) is 88.9 Å². The number of halogens is 1. The Kier molecular flexibility index (Phi) is 7.06. The van der Waals surface area contributed by atoms with Crippen molar-refractivity contribution in [2.45, 2.75) is 24.7 Å². The third-order valence-electron chi connectivity index (χ3n) is 3.94. The summed E-state index contributed by atoms with van der Waals surface area (Å²) in [5.41, 5.74) is 0. The largest absolute Gasteiger partial charge is 0.463 e. The van der Waals surface area contributed by atoms with Gasteiger partial charge in [0.15, 0.2) is 0 Å². The summed E-state index contributed by atoms with van der Waals surface area (Å²) in [4.78, 5) is 11.5. The molecule has 0 amide bonds. The van der Waals surface area contributed by atoms with Crippen molar-refractivity contribution in [2.24, 2.45) is 5.92 Å². The molecule has 0 bridgehead atoms. The molecule has 1 aromatic heterocycles. The normalized spacial score (nSPS) is 16.8. The molecule has 1 fully saturated rings. The molecular weight excluding hydrogens is 344 g/mol. The molecule has 1 N–H and O–H groups in total. The van der Waals surface area contributed by atoms with E-state index in [4.69, 9.17) is 4.42 Å². The van der Waals surface area contributed by atoms with Gasteiger partial charge in [-0.05, 0) is 39.3 Å². The number of carbonyl (C=O) groups excluding carboxylic acids is 1. The Hall–Kier alpha value is -1.09. The first kappa shape index (κ1) is 20.0. The molecule has 1 aliphatic rings. The number of furan rings is 1. The minimum atomic E-state index is -3.64. The second-order valence-corrected chi connectivity index (χ2v) is 7.33. The van der Waals surface area contributed by atoms with Gasteiger partial charge in [0.1, 0.15) is 10.7 Å². The highest BCUT2D eigenvalue weighted by molar-refractivity contribution is 7.89. The van der Waals surface area contributed by atoms with Crippen molar-refractivity contribution in [2.75, 3.05) is 33.8 Å². The molecule has 0 aliphatic carbocycles. The van der Waals surface area contributed by atoms with Gasteiger partial charge in [-0.25, -0.2) is 13.2 Å². The van der Waals surface area contributed by atoms with Crippen molar-refractivity contribution in [3.8, 4) is 0 Å². The number of hydrogen-bond acceptors (Lipinski definition) is 6. The van der Waals surface area contributed by atoms with E-state index >= 15 is 0 Å². The third-order valence-corrected chi connectivity index (χ3v) is 5.95. The second-order valence-electron chi connectivity index (χ2n) is 5.43. The predicted octanol–water partition coefficient (Wildman–Crippen LogP) is 1.42. The number of carbonyl (C=O) groups is 1. The van der Waals surface area contributed by atoms with Gasteiger partial charge in [0, 0.05) is 19.2 Å². The Bertz CT molecular complexity index is 636.